The minimum Gasteiger partial charge on any atom is -0.454 e. The lowest BCUT2D eigenvalue weighted by molar-refractivity contribution is -0.856. The van der Waals surface area contributed by atoms with Gasteiger partial charge in [-0.2, -0.15) is 4.79 Å². The van der Waals surface area contributed by atoms with Crippen molar-refractivity contribution < 1.29 is 28.5 Å². The van der Waals surface area contributed by atoms with Crippen LogP contribution in [0.3, 0.4) is 0 Å². The highest BCUT2D eigenvalue weighted by molar-refractivity contribution is 5.88. The van der Waals surface area contributed by atoms with Gasteiger partial charge >= 0.3 is 12.1 Å². The summed E-state index contributed by atoms with van der Waals surface area (Å²) >= 11 is 0. The van der Waals surface area contributed by atoms with Crippen molar-refractivity contribution in [2.75, 3.05) is 33.9 Å². The van der Waals surface area contributed by atoms with E-state index in [-0.39, 0.29) is 17.3 Å². The first-order valence-electron chi connectivity index (χ1n) is 5.69. The number of hydrogen-bond donors (Lipinski definition) is 0. The first-order valence-corrected chi connectivity index (χ1v) is 5.69. The van der Waals surface area contributed by atoms with Crippen molar-refractivity contribution >= 4 is 12.1 Å². The van der Waals surface area contributed by atoms with Crippen LogP contribution in [0.2, 0.25) is 0 Å². The average molecular weight is 258 g/mol. The Labute approximate surface area is 107 Å². The van der Waals surface area contributed by atoms with Crippen molar-refractivity contribution in [2.45, 2.75) is 20.3 Å². The Morgan fingerprint density at radius 3 is 2.28 bits per heavy atom. The number of carbonyl (C=O) groups is 2. The van der Waals surface area contributed by atoms with E-state index in [2.05, 4.69) is 16.7 Å². The predicted octanol–water partition coefficient (Wildman–Crippen LogP) is 1.11. The zero-order chi connectivity index (χ0) is 14.0. The third-order valence-electron chi connectivity index (χ3n) is 1.75. The van der Waals surface area contributed by atoms with Crippen LogP contribution in [-0.2, 0) is 19.1 Å². The van der Waals surface area contributed by atoms with Gasteiger partial charge in [0.05, 0.1) is 6.61 Å². The van der Waals surface area contributed by atoms with Crippen LogP contribution >= 0.6 is 0 Å². The summed E-state index contributed by atoms with van der Waals surface area (Å²) in [6.07, 6.45) is 0.818. The van der Waals surface area contributed by atoms with Gasteiger partial charge in [0.15, 0.2) is 0 Å². The number of amides is 1. The normalized spacial score (nSPS) is 14.3. The molecule has 1 fully saturated rings. The molecule has 0 saturated carbocycles. The minimum absolute atomic E-state index is 0.0972. The van der Waals surface area contributed by atoms with E-state index in [0.717, 1.165) is 6.42 Å². The third-order valence-corrected chi connectivity index (χ3v) is 1.75. The lowest BCUT2D eigenvalue weighted by Gasteiger charge is -2.01. The van der Waals surface area contributed by atoms with Gasteiger partial charge in [-0.15, -0.1) is 0 Å². The molecule has 1 aliphatic rings. The maximum Gasteiger partial charge on any atom is 0.609 e. The number of hydroxylamine groups is 3. The second kappa shape index (κ2) is 8.50. The molecule has 18 heavy (non-hydrogen) atoms. The maximum absolute atomic E-state index is 10.6. The van der Waals surface area contributed by atoms with Crippen molar-refractivity contribution in [3.05, 3.63) is 0 Å². The quantitative estimate of drug-likeness (QED) is 0.184. The molecule has 0 unspecified atom stereocenters. The Kier molecular flexibility index (Phi) is 7.76. The summed E-state index contributed by atoms with van der Waals surface area (Å²) in [5.41, 5.74) is 0. The number of esters is 1. The summed E-state index contributed by atoms with van der Waals surface area (Å²) in [5, 5.41) is 0. The van der Waals surface area contributed by atoms with E-state index in [4.69, 9.17) is 9.47 Å². The summed E-state index contributed by atoms with van der Waals surface area (Å²) in [6.45, 7) is 5.05. The van der Waals surface area contributed by atoms with Crippen LogP contribution in [0.4, 0.5) is 4.79 Å². The highest BCUT2D eigenvalue weighted by Gasteiger charge is 2.53. The summed E-state index contributed by atoms with van der Waals surface area (Å²) in [5.74, 6) is 4.24. The molecule has 6 nitrogen and oxygen atoms in total. The van der Waals surface area contributed by atoms with Crippen molar-refractivity contribution in [3.8, 4) is 11.8 Å². The highest BCUT2D eigenvalue weighted by Crippen LogP contribution is 2.17. The Morgan fingerprint density at radius 1 is 1.33 bits per heavy atom. The molecule has 1 heterocycles. The number of carbonyl (C=O) groups excluding carboxylic acids is 2. The topological polar surface area (TPSA) is 65.1 Å². The van der Waals surface area contributed by atoms with E-state index >= 15 is 0 Å². The average Bonchev–Trinajstić information content (AvgIpc) is 2.84. The van der Waals surface area contributed by atoms with Crippen LogP contribution in [0.15, 0.2) is 0 Å². The second-order valence-corrected chi connectivity index (χ2v) is 3.83. The second-order valence-electron chi connectivity index (χ2n) is 3.83. The number of nitrogens with zero attached hydrogens (tertiary/aromatic N) is 1. The van der Waals surface area contributed by atoms with Gasteiger partial charge in [-0.3, -0.25) is 0 Å². The standard InChI is InChI=1S/C9H14O3.C3H6NO2/c1-3-5-9(10)12-8-7-11-6-4-2;1-4(2)3(5)6-4/h4,6-8H2,1-2H3;1-2H3/q;+1. The fourth-order valence-electron chi connectivity index (χ4n) is 0.753. The molecule has 0 spiro atoms. The van der Waals surface area contributed by atoms with Gasteiger partial charge in [0, 0.05) is 12.5 Å². The zero-order valence-electron chi connectivity index (χ0n) is 11.3. The van der Waals surface area contributed by atoms with Crippen molar-refractivity contribution in [2.24, 2.45) is 0 Å². The van der Waals surface area contributed by atoms with Gasteiger partial charge in [-0.1, -0.05) is 12.8 Å². The summed E-state index contributed by atoms with van der Waals surface area (Å²) in [6, 6.07) is 0. The van der Waals surface area contributed by atoms with Gasteiger partial charge in [0.2, 0.25) is 0 Å². The molecule has 0 aromatic heterocycles. The van der Waals surface area contributed by atoms with Gasteiger partial charge in [0.1, 0.15) is 20.7 Å². The molecule has 0 aliphatic carbocycles. The third kappa shape index (κ3) is 8.56. The van der Waals surface area contributed by atoms with E-state index in [9.17, 15) is 9.59 Å². The molecule has 1 saturated heterocycles. The Morgan fingerprint density at radius 2 is 1.89 bits per heavy atom. The van der Waals surface area contributed by atoms with Gasteiger partial charge in [0.25, 0.3) is 0 Å². The van der Waals surface area contributed by atoms with Crippen LogP contribution in [0.25, 0.3) is 0 Å². The summed E-state index contributed by atoms with van der Waals surface area (Å²) in [7, 11) is 3.37. The molecule has 6 heteroatoms. The first-order chi connectivity index (χ1) is 8.44. The number of rotatable bonds is 5. The molecule has 1 aliphatic heterocycles. The number of quaternary nitrogens is 1. The lowest BCUT2D eigenvalue weighted by atomic mass is 10.5. The molecule has 0 aromatic carbocycles. The van der Waals surface area contributed by atoms with Crippen molar-refractivity contribution in [1.29, 1.82) is 0 Å². The van der Waals surface area contributed by atoms with Gasteiger partial charge in [-0.25, -0.2) is 9.63 Å². The van der Waals surface area contributed by atoms with E-state index in [1.54, 1.807) is 21.0 Å². The fourth-order valence-corrected chi connectivity index (χ4v) is 0.753. The molecule has 102 valence electrons. The van der Waals surface area contributed by atoms with Crippen molar-refractivity contribution in [1.82, 2.24) is 0 Å². The molecular formula is C12H20NO5+. The lowest BCUT2D eigenvalue weighted by Crippen LogP contribution is -2.11. The van der Waals surface area contributed by atoms with E-state index in [0.29, 0.717) is 13.2 Å². The Balaban J connectivity index is 0.000000397. The smallest absolute Gasteiger partial charge is 0.454 e. The predicted molar refractivity (Wildman–Crippen MR) is 64.1 cm³/mol. The van der Waals surface area contributed by atoms with Gasteiger partial charge in [-0.05, 0) is 18.0 Å². The number of hydrogen-bond acceptors (Lipinski definition) is 5. The largest absolute Gasteiger partial charge is 0.609 e. The first kappa shape index (κ1) is 16.4. The van der Waals surface area contributed by atoms with Crippen LogP contribution in [0.5, 0.6) is 0 Å². The fraction of sp³-hybridized carbons (Fsp3) is 0.667. The number of ether oxygens (including phenoxy) is 2. The van der Waals surface area contributed by atoms with E-state index in [1.807, 2.05) is 6.92 Å². The van der Waals surface area contributed by atoms with E-state index in [1.165, 1.54) is 0 Å². The monoisotopic (exact) mass is 258 g/mol. The molecule has 1 rings (SSSR count). The van der Waals surface area contributed by atoms with Crippen LogP contribution in [0, 0.1) is 11.8 Å². The molecule has 1 amide bonds. The maximum atomic E-state index is 10.6. The molecular weight excluding hydrogens is 238 g/mol. The van der Waals surface area contributed by atoms with Crippen LogP contribution in [0.1, 0.15) is 20.3 Å². The highest BCUT2D eigenvalue weighted by atomic mass is 16.9. The Bertz CT molecular complexity index is 340. The molecule has 0 bridgehead atoms. The van der Waals surface area contributed by atoms with Crippen LogP contribution < -0.4 is 0 Å². The Hall–Kier alpha value is -1.58. The zero-order valence-corrected chi connectivity index (χ0v) is 11.3. The molecule has 0 aromatic rings. The molecule has 0 N–H and O–H groups in total. The summed E-state index contributed by atoms with van der Waals surface area (Å²) in [4.78, 5) is 25.0. The summed E-state index contributed by atoms with van der Waals surface area (Å²) < 4.78 is 9.87. The van der Waals surface area contributed by atoms with E-state index < -0.39 is 5.97 Å². The molecule has 0 radical (unpaired) electrons. The molecule has 0 atom stereocenters. The van der Waals surface area contributed by atoms with Crippen LogP contribution in [-0.4, -0.2) is 50.6 Å². The SMILES string of the molecule is CC#CC(=O)OCCOCCC.C[N+]1(C)OC1=O. The van der Waals surface area contributed by atoms with Gasteiger partial charge < -0.3 is 9.47 Å². The van der Waals surface area contributed by atoms with Crippen molar-refractivity contribution in [3.63, 3.8) is 0 Å². The minimum atomic E-state index is -0.488.